The summed E-state index contributed by atoms with van der Waals surface area (Å²) in [5.41, 5.74) is 6.84. The smallest absolute Gasteiger partial charge is 0.237 e. The van der Waals surface area contributed by atoms with Crippen molar-refractivity contribution in [1.82, 2.24) is 5.32 Å². The molecule has 0 fully saturated rings. The zero-order valence-electron chi connectivity index (χ0n) is 11.2. The molecule has 0 radical (unpaired) electrons. The SMILES string of the molecule is C[C@H](NC(=O)C(N)Cc1ccc(O)cc1)c1cccs1. The molecule has 1 heterocycles. The molecule has 1 unspecified atom stereocenters. The average molecular weight is 290 g/mol. The van der Waals surface area contributed by atoms with Crippen molar-refractivity contribution in [2.45, 2.75) is 25.4 Å². The Morgan fingerprint density at radius 2 is 2.05 bits per heavy atom. The minimum Gasteiger partial charge on any atom is -0.508 e. The Balaban J connectivity index is 1.90. The summed E-state index contributed by atoms with van der Waals surface area (Å²) in [6, 6.07) is 10.0. The zero-order valence-corrected chi connectivity index (χ0v) is 12.1. The number of hydrogen-bond donors (Lipinski definition) is 3. The molecule has 2 rings (SSSR count). The number of amides is 1. The maximum absolute atomic E-state index is 12.0. The van der Waals surface area contributed by atoms with Crippen LogP contribution in [0.1, 0.15) is 23.4 Å². The first-order valence-electron chi connectivity index (χ1n) is 6.43. The Bertz CT molecular complexity index is 552. The second-order valence-electron chi connectivity index (χ2n) is 4.72. The third-order valence-corrected chi connectivity index (χ3v) is 4.11. The summed E-state index contributed by atoms with van der Waals surface area (Å²) in [5.74, 6) is 0.0389. The predicted octanol–water partition coefficient (Wildman–Crippen LogP) is 2.20. The van der Waals surface area contributed by atoms with Gasteiger partial charge in [0.25, 0.3) is 0 Å². The topological polar surface area (TPSA) is 75.4 Å². The van der Waals surface area contributed by atoms with Crippen LogP contribution in [0.2, 0.25) is 0 Å². The van der Waals surface area contributed by atoms with Crippen molar-refractivity contribution >= 4 is 17.2 Å². The van der Waals surface area contributed by atoms with Crippen molar-refractivity contribution in [2.24, 2.45) is 5.73 Å². The van der Waals surface area contributed by atoms with E-state index < -0.39 is 6.04 Å². The molecular formula is C15H18N2O2S. The van der Waals surface area contributed by atoms with Crippen LogP contribution in [0.4, 0.5) is 0 Å². The lowest BCUT2D eigenvalue weighted by Crippen LogP contribution is -2.42. The highest BCUT2D eigenvalue weighted by Gasteiger charge is 2.17. The number of phenols is 1. The van der Waals surface area contributed by atoms with Crippen LogP contribution in [-0.4, -0.2) is 17.1 Å². The number of benzene rings is 1. The number of nitrogens with one attached hydrogen (secondary N) is 1. The summed E-state index contributed by atoms with van der Waals surface area (Å²) in [6.07, 6.45) is 0.448. The molecule has 2 atom stereocenters. The standard InChI is InChI=1S/C15H18N2O2S/c1-10(14-3-2-8-20-14)17-15(19)13(16)9-11-4-6-12(18)7-5-11/h2-8,10,13,18H,9,16H2,1H3,(H,17,19)/t10-,13?/m0/s1. The van der Waals surface area contributed by atoms with E-state index >= 15 is 0 Å². The number of carbonyl (C=O) groups excluding carboxylic acids is 1. The van der Waals surface area contributed by atoms with Crippen molar-refractivity contribution in [2.75, 3.05) is 0 Å². The van der Waals surface area contributed by atoms with Gasteiger partial charge in [0, 0.05) is 4.88 Å². The summed E-state index contributed by atoms with van der Waals surface area (Å²) in [5, 5.41) is 14.1. The van der Waals surface area contributed by atoms with Crippen LogP contribution < -0.4 is 11.1 Å². The van der Waals surface area contributed by atoms with Gasteiger partial charge < -0.3 is 16.2 Å². The van der Waals surface area contributed by atoms with E-state index in [9.17, 15) is 9.90 Å². The minimum atomic E-state index is -0.595. The van der Waals surface area contributed by atoms with Crippen LogP contribution in [0, 0.1) is 0 Å². The van der Waals surface area contributed by atoms with Crippen LogP contribution in [0.5, 0.6) is 5.75 Å². The first-order valence-corrected chi connectivity index (χ1v) is 7.31. The monoisotopic (exact) mass is 290 g/mol. The van der Waals surface area contributed by atoms with Crippen LogP contribution >= 0.6 is 11.3 Å². The Morgan fingerprint density at radius 1 is 1.35 bits per heavy atom. The van der Waals surface area contributed by atoms with E-state index in [0.717, 1.165) is 10.4 Å². The van der Waals surface area contributed by atoms with Crippen molar-refractivity contribution in [3.05, 3.63) is 52.2 Å². The lowest BCUT2D eigenvalue weighted by atomic mass is 10.1. The third kappa shape index (κ3) is 3.82. The fraction of sp³-hybridized carbons (Fsp3) is 0.267. The summed E-state index contributed by atoms with van der Waals surface area (Å²) >= 11 is 1.61. The molecule has 0 saturated heterocycles. The Hall–Kier alpha value is -1.85. The normalized spacial score (nSPS) is 13.7. The lowest BCUT2D eigenvalue weighted by Gasteiger charge is -2.16. The first kappa shape index (κ1) is 14.6. The molecule has 0 spiro atoms. The summed E-state index contributed by atoms with van der Waals surface area (Å²) < 4.78 is 0. The van der Waals surface area contributed by atoms with Gasteiger partial charge in [0.15, 0.2) is 0 Å². The molecule has 1 aromatic carbocycles. The summed E-state index contributed by atoms with van der Waals surface area (Å²) in [4.78, 5) is 13.1. The van der Waals surface area contributed by atoms with Gasteiger partial charge in [0.2, 0.25) is 5.91 Å². The average Bonchev–Trinajstić information content (AvgIpc) is 2.95. The minimum absolute atomic E-state index is 0.0339. The summed E-state index contributed by atoms with van der Waals surface area (Å²) in [7, 11) is 0. The van der Waals surface area contributed by atoms with Gasteiger partial charge in [0.1, 0.15) is 5.75 Å². The molecule has 20 heavy (non-hydrogen) atoms. The highest BCUT2D eigenvalue weighted by molar-refractivity contribution is 7.10. The molecule has 1 aromatic heterocycles. The van der Waals surface area contributed by atoms with Gasteiger partial charge in [-0.15, -0.1) is 11.3 Å². The molecule has 2 aromatic rings. The molecular weight excluding hydrogens is 272 g/mol. The van der Waals surface area contributed by atoms with Crippen molar-refractivity contribution in [3.8, 4) is 5.75 Å². The predicted molar refractivity (Wildman–Crippen MR) is 80.7 cm³/mol. The van der Waals surface area contributed by atoms with Gasteiger partial charge in [0.05, 0.1) is 12.1 Å². The number of phenolic OH excluding ortho intramolecular Hbond substituents is 1. The molecule has 4 N–H and O–H groups in total. The van der Waals surface area contributed by atoms with Gasteiger partial charge in [-0.3, -0.25) is 4.79 Å². The molecule has 5 heteroatoms. The second-order valence-corrected chi connectivity index (χ2v) is 5.70. The van der Waals surface area contributed by atoms with E-state index in [1.165, 1.54) is 0 Å². The largest absolute Gasteiger partial charge is 0.508 e. The number of thiophene rings is 1. The molecule has 0 aliphatic carbocycles. The van der Waals surface area contributed by atoms with Gasteiger partial charge >= 0.3 is 0 Å². The van der Waals surface area contributed by atoms with Gasteiger partial charge in [-0.05, 0) is 42.5 Å². The van der Waals surface area contributed by atoms with Crippen LogP contribution in [0.3, 0.4) is 0 Å². The third-order valence-electron chi connectivity index (χ3n) is 3.06. The summed E-state index contributed by atoms with van der Waals surface area (Å²) in [6.45, 7) is 1.94. The number of aromatic hydroxyl groups is 1. The molecule has 0 aliphatic rings. The van der Waals surface area contributed by atoms with Gasteiger partial charge in [-0.1, -0.05) is 18.2 Å². The van der Waals surface area contributed by atoms with Crippen LogP contribution in [0.15, 0.2) is 41.8 Å². The number of rotatable bonds is 5. The maximum atomic E-state index is 12.0. The van der Waals surface area contributed by atoms with Gasteiger partial charge in [-0.25, -0.2) is 0 Å². The molecule has 106 valence electrons. The van der Waals surface area contributed by atoms with Crippen molar-refractivity contribution in [1.29, 1.82) is 0 Å². The Labute approximate surface area is 122 Å². The van der Waals surface area contributed by atoms with E-state index in [2.05, 4.69) is 5.32 Å². The fourth-order valence-corrected chi connectivity index (χ4v) is 2.64. The van der Waals surface area contributed by atoms with E-state index in [1.54, 1.807) is 35.6 Å². The van der Waals surface area contributed by atoms with E-state index in [-0.39, 0.29) is 17.7 Å². The molecule has 0 aliphatic heterocycles. The molecule has 1 amide bonds. The number of carbonyl (C=O) groups is 1. The number of hydrogen-bond acceptors (Lipinski definition) is 4. The van der Waals surface area contributed by atoms with E-state index in [1.807, 2.05) is 24.4 Å². The lowest BCUT2D eigenvalue weighted by molar-refractivity contribution is -0.122. The second kappa shape index (κ2) is 6.54. The highest BCUT2D eigenvalue weighted by atomic mass is 32.1. The van der Waals surface area contributed by atoms with Gasteiger partial charge in [-0.2, -0.15) is 0 Å². The Kier molecular flexibility index (Phi) is 4.76. The van der Waals surface area contributed by atoms with Crippen molar-refractivity contribution < 1.29 is 9.90 Å². The molecule has 0 bridgehead atoms. The molecule has 0 saturated carbocycles. The first-order chi connectivity index (χ1) is 9.56. The van der Waals surface area contributed by atoms with E-state index in [4.69, 9.17) is 5.73 Å². The fourth-order valence-electron chi connectivity index (χ4n) is 1.91. The van der Waals surface area contributed by atoms with E-state index in [0.29, 0.717) is 6.42 Å². The quantitative estimate of drug-likeness (QED) is 0.790. The van der Waals surface area contributed by atoms with Crippen LogP contribution in [-0.2, 0) is 11.2 Å². The Morgan fingerprint density at radius 3 is 2.65 bits per heavy atom. The highest BCUT2D eigenvalue weighted by Crippen LogP contribution is 2.18. The van der Waals surface area contributed by atoms with Crippen molar-refractivity contribution in [3.63, 3.8) is 0 Å². The maximum Gasteiger partial charge on any atom is 0.237 e. The molecule has 4 nitrogen and oxygen atoms in total. The zero-order chi connectivity index (χ0) is 14.5. The number of nitrogens with two attached hydrogens (primary N) is 1. The van der Waals surface area contributed by atoms with Crippen LogP contribution in [0.25, 0.3) is 0 Å².